The molecule has 0 aliphatic carbocycles. The highest BCUT2D eigenvalue weighted by molar-refractivity contribution is 7.90. The summed E-state index contributed by atoms with van der Waals surface area (Å²) in [7, 11) is -3.24. The minimum atomic E-state index is -4.47. The maximum absolute atomic E-state index is 12.4. The highest BCUT2D eigenvalue weighted by Gasteiger charge is 2.30. The Balaban J connectivity index is 2.77. The Morgan fingerprint density at radius 3 is 2.15 bits per heavy atom. The first kappa shape index (κ1) is 16.6. The maximum Gasteiger partial charge on any atom is 0.416 e. The number of hydrogen-bond donors (Lipinski definition) is 1. The molecule has 0 heterocycles. The van der Waals surface area contributed by atoms with Crippen molar-refractivity contribution in [2.24, 2.45) is 5.73 Å². The monoisotopic (exact) mass is 309 g/mol. The van der Waals surface area contributed by atoms with Crippen LogP contribution in [0, 0.1) is 0 Å². The van der Waals surface area contributed by atoms with Gasteiger partial charge in [-0.25, -0.2) is 8.42 Å². The zero-order valence-corrected chi connectivity index (χ0v) is 11.5. The lowest BCUT2D eigenvalue weighted by Crippen LogP contribution is -2.32. The summed E-state index contributed by atoms with van der Waals surface area (Å²) in [5, 5.41) is 0. The van der Waals surface area contributed by atoms with Crippen molar-refractivity contribution in [2.45, 2.75) is 18.6 Å². The van der Waals surface area contributed by atoms with E-state index in [0.717, 1.165) is 30.5 Å². The topological polar surface area (TPSA) is 77.2 Å². The van der Waals surface area contributed by atoms with Crippen molar-refractivity contribution < 1.29 is 26.4 Å². The number of ketones is 1. The largest absolute Gasteiger partial charge is 0.416 e. The lowest BCUT2D eigenvalue weighted by atomic mass is 10.0. The normalized spacial score (nSPS) is 14.1. The summed E-state index contributed by atoms with van der Waals surface area (Å²) in [4.78, 5) is 11.8. The highest BCUT2D eigenvalue weighted by atomic mass is 32.2. The number of halogens is 3. The van der Waals surface area contributed by atoms with Gasteiger partial charge in [0.05, 0.1) is 17.4 Å². The van der Waals surface area contributed by atoms with Gasteiger partial charge in [0.1, 0.15) is 9.84 Å². The molecule has 112 valence electrons. The zero-order chi connectivity index (χ0) is 15.6. The van der Waals surface area contributed by atoms with E-state index in [2.05, 4.69) is 0 Å². The Hall–Kier alpha value is -1.41. The molecule has 0 aliphatic heterocycles. The minimum Gasteiger partial charge on any atom is -0.321 e. The van der Waals surface area contributed by atoms with E-state index >= 15 is 0 Å². The van der Waals surface area contributed by atoms with E-state index in [4.69, 9.17) is 5.73 Å². The Kier molecular flexibility index (Phi) is 4.93. The Bertz CT molecular complexity index is 579. The number of carbonyl (C=O) groups excluding carboxylic acids is 1. The molecule has 1 unspecified atom stereocenters. The standard InChI is InChI=1S/C12H14F3NO3S/c1-20(18,19)7-6-10(16)11(17)8-2-4-9(5-3-8)12(13,14)15/h2-5,10H,6-7,16H2,1H3. The first-order valence-electron chi connectivity index (χ1n) is 5.65. The average Bonchev–Trinajstić information content (AvgIpc) is 2.33. The number of rotatable bonds is 5. The van der Waals surface area contributed by atoms with E-state index in [-0.39, 0.29) is 17.7 Å². The van der Waals surface area contributed by atoms with Crippen LogP contribution in [0.2, 0.25) is 0 Å². The van der Waals surface area contributed by atoms with Crippen molar-refractivity contribution in [2.75, 3.05) is 12.0 Å². The van der Waals surface area contributed by atoms with Crippen LogP contribution in [-0.2, 0) is 16.0 Å². The molecule has 1 aromatic carbocycles. The fourth-order valence-corrected chi connectivity index (χ4v) is 2.19. The van der Waals surface area contributed by atoms with Crippen LogP contribution in [0.3, 0.4) is 0 Å². The zero-order valence-electron chi connectivity index (χ0n) is 10.6. The van der Waals surface area contributed by atoms with Gasteiger partial charge in [-0.2, -0.15) is 13.2 Å². The van der Waals surface area contributed by atoms with Crippen LogP contribution >= 0.6 is 0 Å². The summed E-state index contributed by atoms with van der Waals surface area (Å²) in [5.74, 6) is -0.831. The van der Waals surface area contributed by atoms with E-state index in [1.54, 1.807) is 0 Å². The smallest absolute Gasteiger partial charge is 0.321 e. The number of alkyl halides is 3. The SMILES string of the molecule is CS(=O)(=O)CCC(N)C(=O)c1ccc(C(F)(F)F)cc1. The van der Waals surface area contributed by atoms with E-state index in [1.807, 2.05) is 0 Å². The van der Waals surface area contributed by atoms with Crippen LogP contribution in [-0.4, -0.2) is 32.3 Å². The molecule has 0 bridgehead atoms. The molecule has 8 heteroatoms. The molecule has 0 fully saturated rings. The molecule has 0 aromatic heterocycles. The van der Waals surface area contributed by atoms with Crippen LogP contribution in [0.15, 0.2) is 24.3 Å². The maximum atomic E-state index is 12.4. The average molecular weight is 309 g/mol. The van der Waals surface area contributed by atoms with Crippen LogP contribution in [0.25, 0.3) is 0 Å². The summed E-state index contributed by atoms with van der Waals surface area (Å²) >= 11 is 0. The van der Waals surface area contributed by atoms with Gasteiger partial charge < -0.3 is 5.73 Å². The third kappa shape index (κ3) is 4.93. The molecule has 0 radical (unpaired) electrons. The van der Waals surface area contributed by atoms with Gasteiger partial charge in [-0.05, 0) is 18.6 Å². The second kappa shape index (κ2) is 5.92. The minimum absolute atomic E-state index is 0.0269. The van der Waals surface area contributed by atoms with Gasteiger partial charge in [0, 0.05) is 11.8 Å². The number of hydrogen-bond acceptors (Lipinski definition) is 4. The van der Waals surface area contributed by atoms with Gasteiger partial charge >= 0.3 is 6.18 Å². The molecule has 0 spiro atoms. The number of nitrogens with two attached hydrogens (primary N) is 1. The summed E-state index contributed by atoms with van der Waals surface area (Å²) < 4.78 is 59.0. The van der Waals surface area contributed by atoms with Crippen LogP contribution in [0.5, 0.6) is 0 Å². The Labute approximate surface area is 114 Å². The lowest BCUT2D eigenvalue weighted by Gasteiger charge is -2.11. The number of sulfone groups is 1. The van der Waals surface area contributed by atoms with Crippen molar-refractivity contribution in [1.82, 2.24) is 0 Å². The Morgan fingerprint density at radius 2 is 1.75 bits per heavy atom. The number of benzene rings is 1. The molecule has 0 saturated heterocycles. The van der Waals surface area contributed by atoms with Crippen LogP contribution in [0.1, 0.15) is 22.3 Å². The lowest BCUT2D eigenvalue weighted by molar-refractivity contribution is -0.137. The van der Waals surface area contributed by atoms with Crippen LogP contribution < -0.4 is 5.73 Å². The van der Waals surface area contributed by atoms with Gasteiger partial charge in [-0.3, -0.25) is 4.79 Å². The highest BCUT2D eigenvalue weighted by Crippen LogP contribution is 2.29. The third-order valence-corrected chi connectivity index (χ3v) is 3.61. The second-order valence-corrected chi connectivity index (χ2v) is 6.72. The molecule has 1 atom stereocenters. The van der Waals surface area contributed by atoms with Gasteiger partial charge in [0.2, 0.25) is 0 Å². The van der Waals surface area contributed by atoms with Crippen molar-refractivity contribution in [3.63, 3.8) is 0 Å². The van der Waals surface area contributed by atoms with Crippen molar-refractivity contribution in [3.8, 4) is 0 Å². The quantitative estimate of drug-likeness (QED) is 0.839. The van der Waals surface area contributed by atoms with E-state index < -0.39 is 33.4 Å². The summed E-state index contributed by atoms with van der Waals surface area (Å²) in [6.45, 7) is 0. The van der Waals surface area contributed by atoms with Crippen molar-refractivity contribution >= 4 is 15.6 Å². The van der Waals surface area contributed by atoms with E-state index in [9.17, 15) is 26.4 Å². The predicted octanol–water partition coefficient (Wildman–Crippen LogP) is 1.65. The van der Waals surface area contributed by atoms with Crippen LogP contribution in [0.4, 0.5) is 13.2 Å². The molecule has 1 aromatic rings. The molecule has 2 N–H and O–H groups in total. The second-order valence-electron chi connectivity index (χ2n) is 4.46. The fourth-order valence-electron chi connectivity index (χ4n) is 1.51. The number of carbonyl (C=O) groups is 1. The molecule has 0 saturated carbocycles. The molecule has 1 rings (SSSR count). The van der Waals surface area contributed by atoms with Crippen molar-refractivity contribution in [3.05, 3.63) is 35.4 Å². The summed E-state index contributed by atoms with van der Waals surface area (Å²) in [6, 6.07) is 2.59. The predicted molar refractivity (Wildman–Crippen MR) is 68.1 cm³/mol. The molecule has 0 amide bonds. The Morgan fingerprint density at radius 1 is 1.25 bits per heavy atom. The van der Waals surface area contributed by atoms with Gasteiger partial charge in [-0.1, -0.05) is 12.1 Å². The fraction of sp³-hybridized carbons (Fsp3) is 0.417. The van der Waals surface area contributed by atoms with Gasteiger partial charge in [0.25, 0.3) is 0 Å². The molecule has 20 heavy (non-hydrogen) atoms. The molecular formula is C12H14F3NO3S. The molecule has 0 aliphatic rings. The third-order valence-electron chi connectivity index (χ3n) is 2.63. The van der Waals surface area contributed by atoms with Gasteiger partial charge in [0.15, 0.2) is 5.78 Å². The molecular weight excluding hydrogens is 295 g/mol. The van der Waals surface area contributed by atoms with Gasteiger partial charge in [-0.15, -0.1) is 0 Å². The molecule has 4 nitrogen and oxygen atoms in total. The van der Waals surface area contributed by atoms with E-state index in [1.165, 1.54) is 0 Å². The summed E-state index contributed by atoms with van der Waals surface area (Å²) in [6.07, 6.45) is -3.53. The van der Waals surface area contributed by atoms with Crippen molar-refractivity contribution in [1.29, 1.82) is 0 Å². The first-order valence-corrected chi connectivity index (χ1v) is 7.71. The first-order chi connectivity index (χ1) is 9.00. The number of Topliss-reactive ketones (excluding diaryl/α,β-unsaturated/α-hetero) is 1. The van der Waals surface area contributed by atoms with E-state index in [0.29, 0.717) is 0 Å². The summed E-state index contributed by atoms with van der Waals surface area (Å²) in [5.41, 5.74) is 4.71.